The van der Waals surface area contributed by atoms with E-state index in [0.29, 0.717) is 24.8 Å². The Hall–Kier alpha value is -3.40. The number of hydrogen-bond donors (Lipinski definition) is 1. The van der Waals surface area contributed by atoms with Gasteiger partial charge in [0.2, 0.25) is 11.8 Å². The summed E-state index contributed by atoms with van der Waals surface area (Å²) in [5.41, 5.74) is -1.05. The number of esters is 1. The molecule has 7 nitrogen and oxygen atoms in total. The number of carbonyl (C=O) groups is 4. The topological polar surface area (TPSA) is 92.8 Å². The van der Waals surface area contributed by atoms with Crippen molar-refractivity contribution in [2.75, 3.05) is 16.8 Å². The number of carbonyl (C=O) groups excluding carboxylic acids is 4. The smallest absolute Gasteiger partial charge is 0.416 e. The van der Waals surface area contributed by atoms with E-state index >= 15 is 0 Å². The van der Waals surface area contributed by atoms with Gasteiger partial charge >= 0.3 is 12.1 Å². The van der Waals surface area contributed by atoms with Crippen molar-refractivity contribution in [2.45, 2.75) is 32.4 Å². The molecule has 1 heterocycles. The van der Waals surface area contributed by atoms with Crippen LogP contribution in [0.2, 0.25) is 5.02 Å². The summed E-state index contributed by atoms with van der Waals surface area (Å²) in [6, 6.07) is 8.20. The number of anilines is 2. The highest BCUT2D eigenvalue weighted by Crippen LogP contribution is 2.42. The van der Waals surface area contributed by atoms with E-state index < -0.39 is 30.2 Å². The van der Waals surface area contributed by atoms with Crippen molar-refractivity contribution >= 4 is 46.7 Å². The molecule has 2 aromatic rings. The Balaban J connectivity index is 1.41. The van der Waals surface area contributed by atoms with Crippen LogP contribution >= 0.6 is 11.6 Å². The average Bonchev–Trinajstić information content (AvgIpc) is 3.07. The molecule has 36 heavy (non-hydrogen) atoms. The Morgan fingerprint density at radius 1 is 1.08 bits per heavy atom. The first kappa shape index (κ1) is 25.7. The van der Waals surface area contributed by atoms with Gasteiger partial charge in [-0.05, 0) is 61.6 Å². The minimum Gasteiger partial charge on any atom is -0.452 e. The van der Waals surface area contributed by atoms with Crippen molar-refractivity contribution in [2.24, 2.45) is 17.8 Å². The van der Waals surface area contributed by atoms with Gasteiger partial charge in [0, 0.05) is 0 Å². The molecule has 3 atom stereocenters. The number of nitrogens with zero attached hydrogens (tertiary/aromatic N) is 1. The minimum absolute atomic E-state index is 0.00115. The molecule has 1 N–H and O–H groups in total. The van der Waals surface area contributed by atoms with Crippen LogP contribution < -0.4 is 10.2 Å². The molecule has 11 heteroatoms. The zero-order valence-electron chi connectivity index (χ0n) is 19.1. The third-order valence-electron chi connectivity index (χ3n) is 6.43. The van der Waals surface area contributed by atoms with Crippen molar-refractivity contribution in [1.82, 2.24) is 0 Å². The molecule has 1 saturated carbocycles. The van der Waals surface area contributed by atoms with Crippen LogP contribution in [-0.4, -0.2) is 30.3 Å². The van der Waals surface area contributed by atoms with Crippen LogP contribution in [-0.2, 0) is 25.3 Å². The number of alkyl halides is 3. The number of benzene rings is 2. The lowest BCUT2D eigenvalue weighted by Gasteiger charge is -2.25. The van der Waals surface area contributed by atoms with E-state index in [1.165, 1.54) is 24.3 Å². The highest BCUT2D eigenvalue weighted by Gasteiger charge is 2.50. The Morgan fingerprint density at radius 2 is 1.81 bits per heavy atom. The number of nitrogens with one attached hydrogen (secondary N) is 1. The highest BCUT2D eigenvalue weighted by atomic mass is 35.5. The predicted molar refractivity (Wildman–Crippen MR) is 124 cm³/mol. The molecule has 2 aliphatic rings. The van der Waals surface area contributed by atoms with Gasteiger partial charge in [0.1, 0.15) is 0 Å². The Labute approximate surface area is 209 Å². The summed E-state index contributed by atoms with van der Waals surface area (Å²) in [6.45, 7) is 1.25. The van der Waals surface area contributed by atoms with Crippen LogP contribution in [0.5, 0.6) is 0 Å². The second-order valence-electron chi connectivity index (χ2n) is 9.01. The number of fused-ring (bicyclic) bond motifs is 1. The van der Waals surface area contributed by atoms with Crippen LogP contribution in [0.25, 0.3) is 0 Å². The largest absolute Gasteiger partial charge is 0.452 e. The van der Waals surface area contributed by atoms with E-state index in [9.17, 15) is 32.3 Å². The SMILES string of the molecule is C[C@@H]1CC[C@@H]2C(=O)N(c3cccc(C(=O)OCC(=O)Nc4cc(C(F)(F)F)ccc4Cl)c3)C(=O)[C@H]2C1. The van der Waals surface area contributed by atoms with Crippen LogP contribution in [0.1, 0.15) is 42.1 Å². The monoisotopic (exact) mass is 522 g/mol. The lowest BCUT2D eigenvalue weighted by molar-refractivity contribution is -0.137. The number of rotatable bonds is 5. The summed E-state index contributed by atoms with van der Waals surface area (Å²) in [4.78, 5) is 51.6. The standard InChI is InChI=1S/C25H22ClF3N2O5/c1-13-5-7-17-18(9-13)23(34)31(22(17)33)16-4-2-3-14(10-16)24(35)36-12-21(32)30-20-11-15(25(27,28)29)6-8-19(20)26/h2-4,6,8,10-11,13,17-18H,5,7,9,12H2,1H3,(H,30,32)/t13-,17+,18+/m1/s1. The summed E-state index contributed by atoms with van der Waals surface area (Å²) in [6.07, 6.45) is -2.48. The van der Waals surface area contributed by atoms with E-state index in [0.717, 1.165) is 23.5 Å². The average molecular weight is 523 g/mol. The zero-order valence-corrected chi connectivity index (χ0v) is 19.9. The molecule has 0 bridgehead atoms. The minimum atomic E-state index is -4.63. The first-order chi connectivity index (χ1) is 17.0. The van der Waals surface area contributed by atoms with Crippen LogP contribution in [0.3, 0.4) is 0 Å². The summed E-state index contributed by atoms with van der Waals surface area (Å²) < 4.78 is 43.7. The molecule has 1 aliphatic heterocycles. The Kier molecular flexibility index (Phi) is 7.08. The maximum absolute atomic E-state index is 12.9. The molecular weight excluding hydrogens is 501 g/mol. The highest BCUT2D eigenvalue weighted by molar-refractivity contribution is 6.33. The lowest BCUT2D eigenvalue weighted by atomic mass is 9.76. The summed E-state index contributed by atoms with van der Waals surface area (Å²) in [5.74, 6) is -2.78. The molecule has 3 amide bonds. The normalized spacial score (nSPS) is 21.8. The van der Waals surface area contributed by atoms with E-state index in [4.69, 9.17) is 16.3 Å². The van der Waals surface area contributed by atoms with E-state index in [2.05, 4.69) is 5.32 Å². The molecule has 4 rings (SSSR count). The van der Waals surface area contributed by atoms with Gasteiger partial charge in [-0.15, -0.1) is 0 Å². The molecule has 0 aromatic heterocycles. The van der Waals surface area contributed by atoms with Gasteiger partial charge in [-0.2, -0.15) is 13.2 Å². The summed E-state index contributed by atoms with van der Waals surface area (Å²) in [5, 5.41) is 2.06. The third-order valence-corrected chi connectivity index (χ3v) is 6.76. The van der Waals surface area contributed by atoms with Crippen molar-refractivity contribution < 1.29 is 37.1 Å². The van der Waals surface area contributed by atoms with Gasteiger partial charge < -0.3 is 10.1 Å². The van der Waals surface area contributed by atoms with Crippen molar-refractivity contribution in [3.8, 4) is 0 Å². The Bertz CT molecular complexity index is 1230. The lowest BCUT2D eigenvalue weighted by Crippen LogP contribution is -2.31. The second-order valence-corrected chi connectivity index (χ2v) is 9.42. The van der Waals surface area contributed by atoms with Crippen molar-refractivity contribution in [3.63, 3.8) is 0 Å². The molecule has 0 radical (unpaired) electrons. The van der Waals surface area contributed by atoms with E-state index in [1.807, 2.05) is 6.92 Å². The fourth-order valence-electron chi connectivity index (χ4n) is 4.61. The van der Waals surface area contributed by atoms with E-state index in [-0.39, 0.29) is 45.6 Å². The fraction of sp³-hybridized carbons (Fsp3) is 0.360. The number of hydrogen-bond acceptors (Lipinski definition) is 5. The van der Waals surface area contributed by atoms with Gasteiger partial charge in [0.05, 0.1) is 39.4 Å². The zero-order chi connectivity index (χ0) is 26.2. The summed E-state index contributed by atoms with van der Waals surface area (Å²) in [7, 11) is 0. The van der Waals surface area contributed by atoms with Crippen LogP contribution in [0.4, 0.5) is 24.5 Å². The molecule has 2 aromatic carbocycles. The molecule has 0 unspecified atom stereocenters. The number of ether oxygens (including phenoxy) is 1. The van der Waals surface area contributed by atoms with Gasteiger partial charge in [-0.25, -0.2) is 4.79 Å². The fourth-order valence-corrected chi connectivity index (χ4v) is 4.78. The molecule has 190 valence electrons. The van der Waals surface area contributed by atoms with Gasteiger partial charge in [-0.1, -0.05) is 24.6 Å². The van der Waals surface area contributed by atoms with Crippen LogP contribution in [0, 0.1) is 17.8 Å². The maximum atomic E-state index is 12.9. The summed E-state index contributed by atoms with van der Waals surface area (Å²) >= 11 is 5.86. The number of amides is 3. The first-order valence-corrected chi connectivity index (χ1v) is 11.6. The Morgan fingerprint density at radius 3 is 2.53 bits per heavy atom. The van der Waals surface area contributed by atoms with Gasteiger partial charge in [-0.3, -0.25) is 19.3 Å². The third kappa shape index (κ3) is 5.23. The molecule has 2 fully saturated rings. The van der Waals surface area contributed by atoms with Gasteiger partial charge in [0.25, 0.3) is 5.91 Å². The maximum Gasteiger partial charge on any atom is 0.416 e. The second kappa shape index (κ2) is 9.93. The number of halogens is 4. The number of imide groups is 1. The van der Waals surface area contributed by atoms with Crippen molar-refractivity contribution in [1.29, 1.82) is 0 Å². The first-order valence-electron chi connectivity index (χ1n) is 11.3. The van der Waals surface area contributed by atoms with E-state index in [1.54, 1.807) is 0 Å². The molecule has 0 spiro atoms. The molecule has 1 saturated heterocycles. The van der Waals surface area contributed by atoms with Crippen molar-refractivity contribution in [3.05, 3.63) is 58.6 Å². The predicted octanol–water partition coefficient (Wildman–Crippen LogP) is 5.08. The molecule has 1 aliphatic carbocycles. The molecular formula is C25H22ClF3N2O5. The van der Waals surface area contributed by atoms with Gasteiger partial charge in [0.15, 0.2) is 6.61 Å². The quantitative estimate of drug-likeness (QED) is 0.437. The van der Waals surface area contributed by atoms with Crippen LogP contribution in [0.15, 0.2) is 42.5 Å².